The van der Waals surface area contributed by atoms with Gasteiger partial charge in [-0.2, -0.15) is 0 Å². The molecule has 26 heavy (non-hydrogen) atoms. The van der Waals surface area contributed by atoms with Crippen molar-refractivity contribution >= 4 is 17.6 Å². The van der Waals surface area contributed by atoms with Crippen molar-refractivity contribution in [3.8, 4) is 5.75 Å². The van der Waals surface area contributed by atoms with E-state index in [9.17, 15) is 9.59 Å². The molecule has 3 amide bonds. The van der Waals surface area contributed by atoms with Crippen LogP contribution < -0.4 is 20.7 Å². The van der Waals surface area contributed by atoms with Gasteiger partial charge in [0.1, 0.15) is 12.4 Å². The maximum Gasteiger partial charge on any atom is 0.315 e. The van der Waals surface area contributed by atoms with Crippen LogP contribution in [0.4, 0.5) is 10.5 Å². The summed E-state index contributed by atoms with van der Waals surface area (Å²) >= 11 is 0. The molecule has 0 aliphatic heterocycles. The summed E-state index contributed by atoms with van der Waals surface area (Å²) in [6.07, 6.45) is 0. The molecule has 2 aromatic rings. The molecule has 0 saturated heterocycles. The number of anilines is 1. The number of rotatable bonds is 7. The van der Waals surface area contributed by atoms with E-state index in [2.05, 4.69) is 16.0 Å². The lowest BCUT2D eigenvalue weighted by atomic mass is 10.1. The zero-order valence-electron chi connectivity index (χ0n) is 15.3. The number of benzene rings is 2. The number of nitrogens with one attached hydrogen (secondary N) is 3. The zero-order chi connectivity index (χ0) is 18.9. The summed E-state index contributed by atoms with van der Waals surface area (Å²) in [7, 11) is 0. The van der Waals surface area contributed by atoms with Crippen LogP contribution in [0, 0.1) is 6.92 Å². The molecule has 0 saturated carbocycles. The van der Waals surface area contributed by atoms with Crippen LogP contribution in [0.2, 0.25) is 0 Å². The SMILES string of the molecule is CC(=O)Nc1cccc([C@@H](C)NC(=O)NCCOc2cccc(C)c2)c1. The summed E-state index contributed by atoms with van der Waals surface area (Å²) in [6, 6.07) is 14.7. The molecule has 0 aromatic heterocycles. The fraction of sp³-hybridized carbons (Fsp3) is 0.300. The van der Waals surface area contributed by atoms with Gasteiger partial charge in [0.15, 0.2) is 0 Å². The molecule has 0 spiro atoms. The molecule has 6 nitrogen and oxygen atoms in total. The second kappa shape index (κ2) is 9.46. The van der Waals surface area contributed by atoms with Crippen LogP contribution in [0.25, 0.3) is 0 Å². The quantitative estimate of drug-likeness (QED) is 0.666. The second-order valence-electron chi connectivity index (χ2n) is 6.09. The summed E-state index contributed by atoms with van der Waals surface area (Å²) < 4.78 is 5.60. The van der Waals surface area contributed by atoms with Crippen molar-refractivity contribution in [2.24, 2.45) is 0 Å². The number of aryl methyl sites for hydroxylation is 1. The van der Waals surface area contributed by atoms with E-state index in [-0.39, 0.29) is 18.0 Å². The van der Waals surface area contributed by atoms with E-state index in [1.54, 1.807) is 6.07 Å². The molecular weight excluding hydrogens is 330 g/mol. The molecule has 2 aromatic carbocycles. The molecule has 1 atom stereocenters. The van der Waals surface area contributed by atoms with Crippen LogP contribution in [0.1, 0.15) is 31.0 Å². The average Bonchev–Trinajstić information content (AvgIpc) is 2.58. The molecule has 138 valence electrons. The first-order chi connectivity index (χ1) is 12.4. The molecule has 0 aliphatic carbocycles. The van der Waals surface area contributed by atoms with Crippen molar-refractivity contribution in [1.29, 1.82) is 0 Å². The Hall–Kier alpha value is -3.02. The van der Waals surface area contributed by atoms with Gasteiger partial charge in [0, 0.05) is 12.6 Å². The van der Waals surface area contributed by atoms with E-state index in [1.165, 1.54) is 6.92 Å². The van der Waals surface area contributed by atoms with Crippen molar-refractivity contribution in [1.82, 2.24) is 10.6 Å². The largest absolute Gasteiger partial charge is 0.492 e. The third-order valence-electron chi connectivity index (χ3n) is 3.70. The van der Waals surface area contributed by atoms with E-state index in [1.807, 2.05) is 56.3 Å². The molecule has 0 bridgehead atoms. The third-order valence-corrected chi connectivity index (χ3v) is 3.70. The summed E-state index contributed by atoms with van der Waals surface area (Å²) in [5.41, 5.74) is 2.74. The number of amides is 3. The van der Waals surface area contributed by atoms with Gasteiger partial charge in [-0.15, -0.1) is 0 Å². The van der Waals surface area contributed by atoms with Gasteiger partial charge in [-0.3, -0.25) is 4.79 Å². The van der Waals surface area contributed by atoms with Gasteiger partial charge in [0.25, 0.3) is 0 Å². The summed E-state index contributed by atoms with van der Waals surface area (Å²) in [6.45, 7) is 6.14. The van der Waals surface area contributed by atoms with Crippen molar-refractivity contribution in [2.45, 2.75) is 26.8 Å². The van der Waals surface area contributed by atoms with Crippen LogP contribution >= 0.6 is 0 Å². The lowest BCUT2D eigenvalue weighted by molar-refractivity contribution is -0.114. The van der Waals surface area contributed by atoms with E-state index in [4.69, 9.17) is 4.74 Å². The van der Waals surface area contributed by atoms with Gasteiger partial charge in [-0.05, 0) is 49.2 Å². The van der Waals surface area contributed by atoms with E-state index in [0.717, 1.165) is 16.9 Å². The first-order valence-electron chi connectivity index (χ1n) is 8.55. The normalized spacial score (nSPS) is 11.3. The lowest BCUT2D eigenvalue weighted by Gasteiger charge is -2.16. The average molecular weight is 355 g/mol. The fourth-order valence-corrected chi connectivity index (χ4v) is 2.46. The molecule has 0 fully saturated rings. The molecule has 0 aliphatic rings. The number of urea groups is 1. The van der Waals surface area contributed by atoms with Gasteiger partial charge in [0.05, 0.1) is 12.6 Å². The maximum atomic E-state index is 12.0. The minimum atomic E-state index is -0.268. The minimum absolute atomic E-state index is 0.130. The fourth-order valence-electron chi connectivity index (χ4n) is 2.46. The highest BCUT2D eigenvalue weighted by Crippen LogP contribution is 2.17. The summed E-state index contributed by atoms with van der Waals surface area (Å²) in [5.74, 6) is 0.657. The summed E-state index contributed by atoms with van der Waals surface area (Å²) in [4.78, 5) is 23.1. The maximum absolute atomic E-state index is 12.0. The first kappa shape index (κ1) is 19.3. The number of ether oxygens (including phenoxy) is 1. The Balaban J connectivity index is 1.75. The molecule has 3 N–H and O–H groups in total. The van der Waals surface area contributed by atoms with Crippen molar-refractivity contribution in [3.63, 3.8) is 0 Å². The molecule has 6 heteroatoms. The highest BCUT2D eigenvalue weighted by molar-refractivity contribution is 5.88. The van der Waals surface area contributed by atoms with Gasteiger partial charge >= 0.3 is 6.03 Å². The Morgan fingerprint density at radius 1 is 1.12 bits per heavy atom. The number of carbonyl (C=O) groups excluding carboxylic acids is 2. The highest BCUT2D eigenvalue weighted by atomic mass is 16.5. The minimum Gasteiger partial charge on any atom is -0.492 e. The Labute approximate surface area is 153 Å². The van der Waals surface area contributed by atoms with Gasteiger partial charge < -0.3 is 20.7 Å². The molecule has 0 radical (unpaired) electrons. The zero-order valence-corrected chi connectivity index (χ0v) is 15.3. The van der Waals surface area contributed by atoms with Crippen LogP contribution in [0.15, 0.2) is 48.5 Å². The second-order valence-corrected chi connectivity index (χ2v) is 6.09. The Kier molecular flexibility index (Phi) is 7.02. The molecular formula is C20H25N3O3. The topological polar surface area (TPSA) is 79.5 Å². The van der Waals surface area contributed by atoms with Crippen molar-refractivity contribution in [3.05, 3.63) is 59.7 Å². The van der Waals surface area contributed by atoms with E-state index >= 15 is 0 Å². The van der Waals surface area contributed by atoms with Crippen LogP contribution in [0.5, 0.6) is 5.75 Å². The van der Waals surface area contributed by atoms with E-state index < -0.39 is 0 Å². The van der Waals surface area contributed by atoms with Crippen molar-refractivity contribution < 1.29 is 14.3 Å². The number of hydrogen-bond donors (Lipinski definition) is 3. The van der Waals surface area contributed by atoms with E-state index in [0.29, 0.717) is 18.8 Å². The van der Waals surface area contributed by atoms with Crippen LogP contribution in [-0.4, -0.2) is 25.1 Å². The van der Waals surface area contributed by atoms with Gasteiger partial charge in [0.2, 0.25) is 5.91 Å². The highest BCUT2D eigenvalue weighted by Gasteiger charge is 2.10. The predicted molar refractivity (Wildman–Crippen MR) is 102 cm³/mol. The number of carbonyl (C=O) groups is 2. The van der Waals surface area contributed by atoms with Crippen LogP contribution in [0.3, 0.4) is 0 Å². The summed E-state index contributed by atoms with van der Waals surface area (Å²) in [5, 5.41) is 8.37. The smallest absolute Gasteiger partial charge is 0.315 e. The Morgan fingerprint density at radius 2 is 1.88 bits per heavy atom. The Bertz CT molecular complexity index is 761. The van der Waals surface area contributed by atoms with Crippen molar-refractivity contribution in [2.75, 3.05) is 18.5 Å². The lowest BCUT2D eigenvalue weighted by Crippen LogP contribution is -2.39. The van der Waals surface area contributed by atoms with Gasteiger partial charge in [-0.1, -0.05) is 24.3 Å². The molecule has 0 heterocycles. The Morgan fingerprint density at radius 3 is 2.62 bits per heavy atom. The predicted octanol–water partition coefficient (Wildman–Crippen LogP) is 3.39. The standard InChI is InChI=1S/C20H25N3O3/c1-14-6-4-9-19(12-14)26-11-10-21-20(25)22-15(2)17-7-5-8-18(13-17)23-16(3)24/h4-9,12-13,15H,10-11H2,1-3H3,(H,23,24)(H2,21,22,25)/t15-/m1/s1. The van der Waals surface area contributed by atoms with Gasteiger partial charge in [-0.25, -0.2) is 4.79 Å². The number of hydrogen-bond acceptors (Lipinski definition) is 3. The monoisotopic (exact) mass is 355 g/mol. The first-order valence-corrected chi connectivity index (χ1v) is 8.55. The molecule has 2 rings (SSSR count). The third kappa shape index (κ3) is 6.47. The van der Waals surface area contributed by atoms with Crippen LogP contribution in [-0.2, 0) is 4.79 Å². The molecule has 0 unspecified atom stereocenters.